The standard InChI is InChI=1S/C12H12ClN3O/c1-14-8-17-11-6-15-12(16-7-11)9-2-4-10(13)5-3-9/h2-7,14H,8H2,1H3. The van der Waals surface area contributed by atoms with Crippen LogP contribution >= 0.6 is 11.6 Å². The lowest BCUT2D eigenvalue weighted by Crippen LogP contribution is -2.14. The van der Waals surface area contributed by atoms with Crippen LogP contribution in [0.3, 0.4) is 0 Å². The van der Waals surface area contributed by atoms with E-state index in [0.29, 0.717) is 23.3 Å². The quantitative estimate of drug-likeness (QED) is 0.845. The molecule has 0 amide bonds. The van der Waals surface area contributed by atoms with Gasteiger partial charge < -0.3 is 4.74 Å². The van der Waals surface area contributed by atoms with Gasteiger partial charge in [0, 0.05) is 10.6 Å². The summed E-state index contributed by atoms with van der Waals surface area (Å²) in [6.07, 6.45) is 3.29. The van der Waals surface area contributed by atoms with Gasteiger partial charge in [0.05, 0.1) is 12.4 Å². The van der Waals surface area contributed by atoms with Gasteiger partial charge in [-0.1, -0.05) is 11.6 Å². The Morgan fingerprint density at radius 2 is 1.82 bits per heavy atom. The molecule has 0 aliphatic heterocycles. The van der Waals surface area contributed by atoms with Crippen LogP contribution in [0, 0.1) is 0 Å². The van der Waals surface area contributed by atoms with Gasteiger partial charge in [-0.05, 0) is 31.3 Å². The van der Waals surface area contributed by atoms with E-state index in [1.807, 2.05) is 31.3 Å². The van der Waals surface area contributed by atoms with Crippen molar-refractivity contribution in [2.45, 2.75) is 0 Å². The van der Waals surface area contributed by atoms with Crippen molar-refractivity contribution < 1.29 is 4.74 Å². The second-order valence-electron chi connectivity index (χ2n) is 3.39. The lowest BCUT2D eigenvalue weighted by Gasteiger charge is -2.05. The molecule has 1 N–H and O–H groups in total. The summed E-state index contributed by atoms with van der Waals surface area (Å²) in [4.78, 5) is 8.45. The van der Waals surface area contributed by atoms with Crippen LogP contribution in [0.1, 0.15) is 0 Å². The lowest BCUT2D eigenvalue weighted by atomic mass is 10.2. The molecule has 0 bridgehead atoms. The highest BCUT2D eigenvalue weighted by Gasteiger charge is 2.01. The number of rotatable bonds is 4. The summed E-state index contributed by atoms with van der Waals surface area (Å²) in [7, 11) is 1.81. The van der Waals surface area contributed by atoms with Crippen LogP contribution in [-0.4, -0.2) is 23.7 Å². The number of ether oxygens (including phenoxy) is 1. The van der Waals surface area contributed by atoms with E-state index < -0.39 is 0 Å². The van der Waals surface area contributed by atoms with E-state index in [9.17, 15) is 0 Å². The zero-order chi connectivity index (χ0) is 12.1. The van der Waals surface area contributed by atoms with Crippen molar-refractivity contribution in [3.8, 4) is 17.1 Å². The number of aromatic nitrogens is 2. The van der Waals surface area contributed by atoms with Crippen LogP contribution in [-0.2, 0) is 0 Å². The molecule has 0 aliphatic rings. The van der Waals surface area contributed by atoms with Gasteiger partial charge in [-0.2, -0.15) is 0 Å². The van der Waals surface area contributed by atoms with Crippen molar-refractivity contribution in [1.82, 2.24) is 15.3 Å². The van der Waals surface area contributed by atoms with E-state index in [0.717, 1.165) is 5.56 Å². The Morgan fingerprint density at radius 1 is 1.18 bits per heavy atom. The van der Waals surface area contributed by atoms with E-state index in [-0.39, 0.29) is 0 Å². The molecule has 0 saturated heterocycles. The summed E-state index contributed by atoms with van der Waals surface area (Å²) in [5, 5.41) is 3.57. The molecule has 0 aliphatic carbocycles. The van der Waals surface area contributed by atoms with Crippen molar-refractivity contribution in [2.24, 2.45) is 0 Å². The largest absolute Gasteiger partial charge is 0.475 e. The maximum Gasteiger partial charge on any atom is 0.159 e. The molecule has 0 fully saturated rings. The maximum absolute atomic E-state index is 5.81. The third-order valence-electron chi connectivity index (χ3n) is 2.11. The van der Waals surface area contributed by atoms with E-state index in [1.54, 1.807) is 12.4 Å². The van der Waals surface area contributed by atoms with Gasteiger partial charge in [-0.15, -0.1) is 0 Å². The Bertz CT molecular complexity index is 470. The molecule has 1 aromatic heterocycles. The van der Waals surface area contributed by atoms with Gasteiger partial charge in [0.1, 0.15) is 6.73 Å². The predicted molar refractivity (Wildman–Crippen MR) is 67.0 cm³/mol. The van der Waals surface area contributed by atoms with Gasteiger partial charge in [0.25, 0.3) is 0 Å². The van der Waals surface area contributed by atoms with Gasteiger partial charge in [-0.3, -0.25) is 5.32 Å². The molecule has 17 heavy (non-hydrogen) atoms. The molecule has 0 saturated carbocycles. The highest BCUT2D eigenvalue weighted by molar-refractivity contribution is 6.30. The molecule has 2 aromatic rings. The molecule has 0 spiro atoms. The molecular formula is C12H12ClN3O. The minimum atomic E-state index is 0.434. The summed E-state index contributed by atoms with van der Waals surface area (Å²) < 4.78 is 5.31. The average molecular weight is 250 g/mol. The number of nitrogens with zero attached hydrogens (tertiary/aromatic N) is 2. The van der Waals surface area contributed by atoms with E-state index in [4.69, 9.17) is 16.3 Å². The molecule has 5 heteroatoms. The van der Waals surface area contributed by atoms with Crippen LogP contribution in [0.5, 0.6) is 5.75 Å². The normalized spacial score (nSPS) is 10.2. The first-order valence-electron chi connectivity index (χ1n) is 5.15. The van der Waals surface area contributed by atoms with Crippen molar-refractivity contribution in [3.63, 3.8) is 0 Å². The minimum absolute atomic E-state index is 0.434. The molecule has 0 unspecified atom stereocenters. The van der Waals surface area contributed by atoms with E-state index >= 15 is 0 Å². The smallest absolute Gasteiger partial charge is 0.159 e. The number of hydrogen-bond donors (Lipinski definition) is 1. The van der Waals surface area contributed by atoms with Crippen LogP contribution in [0.25, 0.3) is 11.4 Å². The second-order valence-corrected chi connectivity index (χ2v) is 3.83. The summed E-state index contributed by atoms with van der Waals surface area (Å²) in [5.74, 6) is 1.29. The second kappa shape index (κ2) is 5.61. The zero-order valence-electron chi connectivity index (χ0n) is 9.35. The fraction of sp³-hybridized carbons (Fsp3) is 0.167. The number of benzene rings is 1. The van der Waals surface area contributed by atoms with Crippen LogP contribution in [0.15, 0.2) is 36.7 Å². The monoisotopic (exact) mass is 249 g/mol. The number of halogens is 1. The Hall–Kier alpha value is -1.65. The van der Waals surface area contributed by atoms with Crippen molar-refractivity contribution in [2.75, 3.05) is 13.8 Å². The molecule has 88 valence electrons. The summed E-state index contributed by atoms with van der Waals surface area (Å²) in [6.45, 7) is 0.434. The SMILES string of the molecule is CNCOc1cnc(-c2ccc(Cl)cc2)nc1. The Morgan fingerprint density at radius 3 is 2.41 bits per heavy atom. The van der Waals surface area contributed by atoms with Crippen molar-refractivity contribution >= 4 is 11.6 Å². The van der Waals surface area contributed by atoms with Gasteiger partial charge in [0.15, 0.2) is 11.6 Å². The first-order valence-corrected chi connectivity index (χ1v) is 5.53. The Labute approximate surface area is 105 Å². The van der Waals surface area contributed by atoms with Crippen molar-refractivity contribution in [3.05, 3.63) is 41.7 Å². The summed E-state index contributed by atoms with van der Waals surface area (Å²) >= 11 is 5.81. The third-order valence-corrected chi connectivity index (χ3v) is 2.37. The average Bonchev–Trinajstić information content (AvgIpc) is 2.38. The van der Waals surface area contributed by atoms with E-state index in [1.165, 1.54) is 0 Å². The first-order chi connectivity index (χ1) is 8.29. The number of hydrogen-bond acceptors (Lipinski definition) is 4. The Balaban J connectivity index is 2.14. The zero-order valence-corrected chi connectivity index (χ0v) is 10.1. The number of nitrogens with one attached hydrogen (secondary N) is 1. The van der Waals surface area contributed by atoms with Gasteiger partial charge >= 0.3 is 0 Å². The van der Waals surface area contributed by atoms with Crippen LogP contribution in [0.4, 0.5) is 0 Å². The molecular weight excluding hydrogens is 238 g/mol. The van der Waals surface area contributed by atoms with Crippen LogP contribution in [0.2, 0.25) is 5.02 Å². The molecule has 2 rings (SSSR count). The lowest BCUT2D eigenvalue weighted by molar-refractivity contribution is 0.294. The molecule has 1 heterocycles. The molecule has 0 atom stereocenters. The Kier molecular flexibility index (Phi) is 3.90. The first kappa shape index (κ1) is 11.8. The van der Waals surface area contributed by atoms with Gasteiger partial charge in [0.2, 0.25) is 0 Å². The predicted octanol–water partition coefficient (Wildman–Crippen LogP) is 2.35. The van der Waals surface area contributed by atoms with Crippen LogP contribution < -0.4 is 10.1 Å². The maximum atomic E-state index is 5.81. The highest BCUT2D eigenvalue weighted by Crippen LogP contribution is 2.18. The summed E-state index contributed by atoms with van der Waals surface area (Å²) in [6, 6.07) is 7.38. The molecule has 4 nitrogen and oxygen atoms in total. The highest BCUT2D eigenvalue weighted by atomic mass is 35.5. The van der Waals surface area contributed by atoms with Crippen molar-refractivity contribution in [1.29, 1.82) is 0 Å². The minimum Gasteiger partial charge on any atom is -0.475 e. The topological polar surface area (TPSA) is 47.0 Å². The molecule has 1 aromatic carbocycles. The third kappa shape index (κ3) is 3.15. The fourth-order valence-electron chi connectivity index (χ4n) is 1.29. The fourth-order valence-corrected chi connectivity index (χ4v) is 1.42. The summed E-state index contributed by atoms with van der Waals surface area (Å²) in [5.41, 5.74) is 0.926. The molecule has 0 radical (unpaired) electrons. The van der Waals surface area contributed by atoms with E-state index in [2.05, 4.69) is 15.3 Å². The van der Waals surface area contributed by atoms with Gasteiger partial charge in [-0.25, -0.2) is 9.97 Å².